The number of rotatable bonds is 1. The number of hydrogen-bond donors (Lipinski definition) is 0. The molecular formula is C8H9BrO. The summed E-state index contributed by atoms with van der Waals surface area (Å²) in [7, 11) is 0. The topological polar surface area (TPSA) is 17.1 Å². The predicted molar refractivity (Wildman–Crippen MR) is 44.9 cm³/mol. The van der Waals surface area contributed by atoms with E-state index in [1.165, 1.54) is 0 Å². The molecule has 2 heteroatoms. The van der Waals surface area contributed by atoms with Gasteiger partial charge in [0, 0.05) is 10.4 Å². The zero-order valence-corrected chi connectivity index (χ0v) is 7.34. The van der Waals surface area contributed by atoms with Gasteiger partial charge in [0.15, 0.2) is 0 Å². The Morgan fingerprint density at radius 1 is 1.70 bits per heavy atom. The summed E-state index contributed by atoms with van der Waals surface area (Å²) < 4.78 is 1.07. The van der Waals surface area contributed by atoms with Crippen LogP contribution in [0.1, 0.15) is 6.92 Å². The number of aldehydes is 1. The lowest BCUT2D eigenvalue weighted by Crippen LogP contribution is -2.10. The van der Waals surface area contributed by atoms with Crippen molar-refractivity contribution >= 4 is 22.2 Å². The molecule has 1 nitrogen and oxygen atoms in total. The van der Waals surface area contributed by atoms with Crippen molar-refractivity contribution in [3.63, 3.8) is 0 Å². The van der Waals surface area contributed by atoms with E-state index in [1.54, 1.807) is 0 Å². The molecule has 0 fully saturated rings. The first-order valence-corrected chi connectivity index (χ1v) is 4.04. The predicted octanol–water partition coefficient (Wildman–Crippen LogP) is 2.29. The van der Waals surface area contributed by atoms with Gasteiger partial charge in [-0.3, -0.25) is 0 Å². The van der Waals surface area contributed by atoms with Crippen molar-refractivity contribution in [3.05, 3.63) is 22.7 Å². The van der Waals surface area contributed by atoms with Crippen LogP contribution in [0.2, 0.25) is 0 Å². The van der Waals surface area contributed by atoms with E-state index in [0.29, 0.717) is 5.92 Å². The number of carbonyl (C=O) groups excluding carboxylic acids is 1. The Morgan fingerprint density at radius 2 is 2.40 bits per heavy atom. The molecule has 2 unspecified atom stereocenters. The second-order valence-corrected chi connectivity index (χ2v) is 3.40. The number of carbonyl (C=O) groups is 1. The fraction of sp³-hybridized carbons (Fsp3) is 0.375. The first-order chi connectivity index (χ1) is 4.74. The average Bonchev–Trinajstić information content (AvgIpc) is 1.88. The summed E-state index contributed by atoms with van der Waals surface area (Å²) in [4.78, 5) is 10.4. The molecule has 0 aromatic heterocycles. The van der Waals surface area contributed by atoms with Gasteiger partial charge in [-0.25, -0.2) is 0 Å². The first-order valence-electron chi connectivity index (χ1n) is 3.25. The summed E-state index contributed by atoms with van der Waals surface area (Å²) >= 11 is 3.34. The minimum absolute atomic E-state index is 0.0706. The van der Waals surface area contributed by atoms with Gasteiger partial charge in [0.1, 0.15) is 6.29 Å². The molecule has 54 valence electrons. The Morgan fingerprint density at radius 3 is 2.90 bits per heavy atom. The van der Waals surface area contributed by atoms with E-state index < -0.39 is 0 Å². The lowest BCUT2D eigenvalue weighted by molar-refractivity contribution is -0.110. The molecule has 0 spiro atoms. The first kappa shape index (κ1) is 7.73. The van der Waals surface area contributed by atoms with Crippen molar-refractivity contribution < 1.29 is 4.79 Å². The molecule has 2 atom stereocenters. The van der Waals surface area contributed by atoms with Crippen LogP contribution < -0.4 is 0 Å². The molecule has 1 rings (SSSR count). The van der Waals surface area contributed by atoms with Crippen LogP contribution in [-0.4, -0.2) is 6.29 Å². The average molecular weight is 201 g/mol. The number of halogens is 1. The van der Waals surface area contributed by atoms with Crippen molar-refractivity contribution in [1.82, 2.24) is 0 Å². The van der Waals surface area contributed by atoms with Crippen LogP contribution in [-0.2, 0) is 4.79 Å². The number of hydrogen-bond acceptors (Lipinski definition) is 1. The molecule has 0 bridgehead atoms. The Kier molecular flexibility index (Phi) is 2.44. The Bertz CT molecular complexity index is 193. The van der Waals surface area contributed by atoms with Crippen LogP contribution in [0.15, 0.2) is 22.7 Å². The van der Waals surface area contributed by atoms with Gasteiger partial charge < -0.3 is 4.79 Å². The van der Waals surface area contributed by atoms with E-state index in [0.717, 1.165) is 10.8 Å². The summed E-state index contributed by atoms with van der Waals surface area (Å²) in [5.74, 6) is 0.401. The normalized spacial score (nSPS) is 31.6. The Balaban J connectivity index is 2.73. The summed E-state index contributed by atoms with van der Waals surface area (Å²) in [6.07, 6.45) is 6.86. The third-order valence-corrected chi connectivity index (χ3v) is 2.19. The second kappa shape index (κ2) is 3.15. The minimum Gasteiger partial charge on any atom is -0.303 e. The quantitative estimate of drug-likeness (QED) is 0.595. The summed E-state index contributed by atoms with van der Waals surface area (Å²) in [5.41, 5.74) is 0. The maximum atomic E-state index is 10.4. The Hall–Kier alpha value is -0.370. The third kappa shape index (κ3) is 1.57. The van der Waals surface area contributed by atoms with E-state index in [2.05, 4.69) is 15.9 Å². The molecule has 0 aromatic rings. The van der Waals surface area contributed by atoms with Crippen molar-refractivity contribution in [3.8, 4) is 0 Å². The van der Waals surface area contributed by atoms with E-state index in [9.17, 15) is 4.79 Å². The highest BCUT2D eigenvalue weighted by molar-refractivity contribution is 9.11. The van der Waals surface area contributed by atoms with Crippen LogP contribution in [0.4, 0.5) is 0 Å². The molecule has 0 saturated carbocycles. The summed E-state index contributed by atoms with van der Waals surface area (Å²) in [5, 5.41) is 0. The fourth-order valence-corrected chi connectivity index (χ4v) is 1.53. The highest BCUT2D eigenvalue weighted by Crippen LogP contribution is 2.23. The zero-order chi connectivity index (χ0) is 7.56. The third-order valence-electron chi connectivity index (χ3n) is 1.66. The van der Waals surface area contributed by atoms with E-state index in [4.69, 9.17) is 0 Å². The van der Waals surface area contributed by atoms with Gasteiger partial charge in [0.2, 0.25) is 0 Å². The SMILES string of the molecule is CC1C=C(Br)C=CC1C=O. The standard InChI is InChI=1S/C8H9BrO/c1-6-4-8(9)3-2-7(6)5-10/h2-7H,1H3. The number of allylic oxidation sites excluding steroid dienone is 4. The maximum absolute atomic E-state index is 10.4. The van der Waals surface area contributed by atoms with Crippen LogP contribution in [0, 0.1) is 11.8 Å². The monoisotopic (exact) mass is 200 g/mol. The van der Waals surface area contributed by atoms with Crippen molar-refractivity contribution in [1.29, 1.82) is 0 Å². The molecule has 0 heterocycles. The molecule has 1 aliphatic carbocycles. The highest BCUT2D eigenvalue weighted by Gasteiger charge is 2.14. The molecule has 0 radical (unpaired) electrons. The Labute approximate surface area is 68.9 Å². The van der Waals surface area contributed by atoms with Gasteiger partial charge in [-0.05, 0) is 5.92 Å². The van der Waals surface area contributed by atoms with Gasteiger partial charge >= 0.3 is 0 Å². The fourth-order valence-electron chi connectivity index (χ4n) is 0.965. The minimum atomic E-state index is 0.0706. The molecule has 0 amide bonds. The van der Waals surface area contributed by atoms with Gasteiger partial charge in [-0.15, -0.1) is 0 Å². The highest BCUT2D eigenvalue weighted by atomic mass is 79.9. The summed E-state index contributed by atoms with van der Waals surface area (Å²) in [6.45, 7) is 2.03. The molecule has 0 aromatic carbocycles. The zero-order valence-electron chi connectivity index (χ0n) is 5.75. The lowest BCUT2D eigenvalue weighted by Gasteiger charge is -2.14. The van der Waals surface area contributed by atoms with Crippen LogP contribution >= 0.6 is 15.9 Å². The van der Waals surface area contributed by atoms with Gasteiger partial charge in [-0.1, -0.05) is 41.1 Å². The summed E-state index contributed by atoms with van der Waals surface area (Å²) in [6, 6.07) is 0. The molecular weight excluding hydrogens is 192 g/mol. The van der Waals surface area contributed by atoms with Crippen molar-refractivity contribution in [2.24, 2.45) is 11.8 Å². The molecule has 10 heavy (non-hydrogen) atoms. The van der Waals surface area contributed by atoms with Crippen LogP contribution in [0.25, 0.3) is 0 Å². The largest absolute Gasteiger partial charge is 0.303 e. The van der Waals surface area contributed by atoms with Crippen molar-refractivity contribution in [2.45, 2.75) is 6.92 Å². The smallest absolute Gasteiger partial charge is 0.127 e. The molecule has 0 N–H and O–H groups in total. The van der Waals surface area contributed by atoms with Gasteiger partial charge in [-0.2, -0.15) is 0 Å². The maximum Gasteiger partial charge on any atom is 0.127 e. The van der Waals surface area contributed by atoms with E-state index in [-0.39, 0.29) is 5.92 Å². The second-order valence-electron chi connectivity index (χ2n) is 2.48. The van der Waals surface area contributed by atoms with Gasteiger partial charge in [0.25, 0.3) is 0 Å². The van der Waals surface area contributed by atoms with E-state index >= 15 is 0 Å². The molecule has 0 aliphatic heterocycles. The van der Waals surface area contributed by atoms with Crippen molar-refractivity contribution in [2.75, 3.05) is 0 Å². The van der Waals surface area contributed by atoms with E-state index in [1.807, 2.05) is 25.2 Å². The van der Waals surface area contributed by atoms with Gasteiger partial charge in [0.05, 0.1) is 0 Å². The molecule has 0 saturated heterocycles. The van der Waals surface area contributed by atoms with Crippen LogP contribution in [0.3, 0.4) is 0 Å². The lowest BCUT2D eigenvalue weighted by atomic mass is 9.92. The van der Waals surface area contributed by atoms with Crippen LogP contribution in [0.5, 0.6) is 0 Å². The molecule has 1 aliphatic rings.